The molecule has 1 amide bonds. The zero-order chi connectivity index (χ0) is 22.8. The largest absolute Gasteiger partial charge is 0.466 e. The molecule has 0 N–H and O–H groups in total. The molecule has 2 heterocycles. The average molecular weight is 514 g/mol. The maximum atomic E-state index is 13.3. The minimum Gasteiger partial charge on any atom is -0.466 e. The van der Waals surface area contributed by atoms with E-state index in [1.165, 1.54) is 19.2 Å². The second kappa shape index (κ2) is 12.2. The zero-order valence-electron chi connectivity index (χ0n) is 19.9. The summed E-state index contributed by atoms with van der Waals surface area (Å²) in [6.45, 7) is 9.17. The lowest BCUT2D eigenvalue weighted by molar-refractivity contribution is -0.139. The number of piperazine rings is 1. The lowest BCUT2D eigenvalue weighted by Crippen LogP contribution is -2.49. The Kier molecular flexibility index (Phi) is 10.1. The molecule has 2 atom stereocenters. The summed E-state index contributed by atoms with van der Waals surface area (Å²) in [5.41, 5.74) is 2.83. The maximum absolute atomic E-state index is 13.3. The molecule has 0 bridgehead atoms. The monoisotopic (exact) mass is 513 g/mol. The van der Waals surface area contributed by atoms with E-state index >= 15 is 0 Å². The summed E-state index contributed by atoms with van der Waals surface area (Å²) in [5, 5.41) is 0. The van der Waals surface area contributed by atoms with Crippen LogP contribution in [0.1, 0.15) is 25.8 Å². The lowest BCUT2D eigenvalue weighted by atomic mass is 9.81. The maximum Gasteiger partial charge on any atom is 0.335 e. The van der Waals surface area contributed by atoms with Crippen molar-refractivity contribution in [3.63, 3.8) is 0 Å². The van der Waals surface area contributed by atoms with E-state index in [-0.39, 0.29) is 60.4 Å². The van der Waals surface area contributed by atoms with Gasteiger partial charge in [-0.3, -0.25) is 14.6 Å². The van der Waals surface area contributed by atoms with E-state index in [4.69, 9.17) is 4.74 Å². The summed E-state index contributed by atoms with van der Waals surface area (Å²) < 4.78 is 18.1. The normalized spacial score (nSPS) is 23.0. The summed E-state index contributed by atoms with van der Waals surface area (Å²) in [4.78, 5) is 32.1. The van der Waals surface area contributed by atoms with E-state index in [1.54, 1.807) is 11.1 Å². The number of hydrogen-bond donors (Lipinski definition) is 0. The van der Waals surface area contributed by atoms with Gasteiger partial charge in [-0.1, -0.05) is 18.2 Å². The van der Waals surface area contributed by atoms with E-state index in [0.717, 1.165) is 50.4 Å². The topological polar surface area (TPSA) is 53.1 Å². The van der Waals surface area contributed by atoms with Gasteiger partial charge >= 0.3 is 5.97 Å². The summed E-state index contributed by atoms with van der Waals surface area (Å²) in [7, 11) is 1.39. The van der Waals surface area contributed by atoms with Gasteiger partial charge < -0.3 is 9.64 Å². The SMILES string of the molecule is COC(=O)C1=CN(C(C)C)C(=O)[C@@H]2C(CN3CCN(Cc4ccc(F)cc4)CC3)=CC[C@H]12.Cl.Cl. The van der Waals surface area contributed by atoms with Crippen LogP contribution < -0.4 is 0 Å². The molecule has 4 rings (SSSR count). The van der Waals surface area contributed by atoms with E-state index in [2.05, 4.69) is 15.9 Å². The van der Waals surface area contributed by atoms with Crippen LogP contribution in [0.25, 0.3) is 0 Å². The number of halogens is 3. The van der Waals surface area contributed by atoms with Crippen molar-refractivity contribution >= 4 is 36.7 Å². The van der Waals surface area contributed by atoms with Crippen LogP contribution in [0.15, 0.2) is 47.7 Å². The number of methoxy groups -OCH3 is 1. The van der Waals surface area contributed by atoms with Crippen LogP contribution in [-0.4, -0.2) is 72.5 Å². The summed E-state index contributed by atoms with van der Waals surface area (Å²) >= 11 is 0. The Morgan fingerprint density at radius 3 is 2.21 bits per heavy atom. The number of rotatable bonds is 6. The number of amides is 1. The molecule has 9 heteroatoms. The van der Waals surface area contributed by atoms with Gasteiger partial charge in [0.2, 0.25) is 5.91 Å². The van der Waals surface area contributed by atoms with E-state index < -0.39 is 0 Å². The lowest BCUT2D eigenvalue weighted by Gasteiger charge is -2.38. The molecule has 2 aliphatic heterocycles. The van der Waals surface area contributed by atoms with Crippen molar-refractivity contribution in [3.8, 4) is 0 Å². The van der Waals surface area contributed by atoms with Gasteiger partial charge in [0.1, 0.15) is 5.82 Å². The van der Waals surface area contributed by atoms with Crippen LogP contribution in [0.2, 0.25) is 0 Å². The number of carbonyl (C=O) groups excluding carboxylic acids is 2. The molecule has 1 aliphatic carbocycles. The number of esters is 1. The van der Waals surface area contributed by atoms with Crippen molar-refractivity contribution in [1.82, 2.24) is 14.7 Å². The minimum atomic E-state index is -0.345. The van der Waals surface area contributed by atoms with E-state index in [0.29, 0.717) is 12.0 Å². The van der Waals surface area contributed by atoms with Crippen LogP contribution in [0.4, 0.5) is 4.39 Å². The number of benzene rings is 1. The number of nitrogens with zero attached hydrogens (tertiary/aromatic N) is 3. The summed E-state index contributed by atoms with van der Waals surface area (Å²) in [6, 6.07) is 6.68. The third kappa shape index (κ3) is 6.00. The van der Waals surface area contributed by atoms with Gasteiger partial charge in [0.15, 0.2) is 0 Å². The molecule has 1 aromatic rings. The van der Waals surface area contributed by atoms with Crippen molar-refractivity contribution in [3.05, 3.63) is 59.1 Å². The molecule has 1 fully saturated rings. The first kappa shape index (κ1) is 28.3. The third-order valence-corrected chi connectivity index (χ3v) is 6.80. The highest BCUT2D eigenvalue weighted by Gasteiger charge is 2.45. The smallest absolute Gasteiger partial charge is 0.335 e. The molecule has 188 valence electrons. The highest BCUT2D eigenvalue weighted by molar-refractivity contribution is 5.95. The van der Waals surface area contributed by atoms with Crippen LogP contribution in [0.5, 0.6) is 0 Å². The van der Waals surface area contributed by atoms with E-state index in [9.17, 15) is 14.0 Å². The molecule has 0 radical (unpaired) electrons. The molecule has 6 nitrogen and oxygen atoms in total. The Morgan fingerprint density at radius 1 is 1.06 bits per heavy atom. The standard InChI is InChI=1S/C25H32FN3O3.2ClH/c1-17(2)29-16-22(25(31)32-3)21-9-6-19(23(21)24(29)30)15-28-12-10-27(11-13-28)14-18-4-7-20(26)8-5-18;;/h4-8,16-17,21,23H,9-15H2,1-3H3;2*1H/t21-,23-;;/m1../s1. The molecular weight excluding hydrogens is 480 g/mol. The second-order valence-corrected chi connectivity index (χ2v) is 9.19. The van der Waals surface area contributed by atoms with Crippen LogP contribution in [0.3, 0.4) is 0 Å². The third-order valence-electron chi connectivity index (χ3n) is 6.80. The predicted octanol–water partition coefficient (Wildman–Crippen LogP) is 3.66. The number of hydrogen-bond acceptors (Lipinski definition) is 5. The van der Waals surface area contributed by atoms with Gasteiger partial charge in [-0.2, -0.15) is 0 Å². The molecule has 34 heavy (non-hydrogen) atoms. The number of allylic oxidation sites excluding steroid dienone is 1. The average Bonchev–Trinajstić information content (AvgIpc) is 3.20. The zero-order valence-corrected chi connectivity index (χ0v) is 21.5. The van der Waals surface area contributed by atoms with Crippen LogP contribution >= 0.6 is 24.8 Å². The first-order valence-electron chi connectivity index (χ1n) is 11.4. The number of ether oxygens (including phenoxy) is 1. The molecule has 0 spiro atoms. The highest BCUT2D eigenvalue weighted by atomic mass is 35.5. The van der Waals surface area contributed by atoms with Crippen molar-refractivity contribution in [2.75, 3.05) is 39.8 Å². The van der Waals surface area contributed by atoms with Crippen LogP contribution in [0, 0.1) is 17.7 Å². The van der Waals surface area contributed by atoms with Gasteiger partial charge in [0, 0.05) is 57.4 Å². The fourth-order valence-corrected chi connectivity index (χ4v) is 5.01. The van der Waals surface area contributed by atoms with Crippen LogP contribution in [-0.2, 0) is 20.9 Å². The first-order chi connectivity index (χ1) is 15.4. The van der Waals surface area contributed by atoms with Crippen molar-refractivity contribution < 1.29 is 18.7 Å². The van der Waals surface area contributed by atoms with Gasteiger partial charge in [0.25, 0.3) is 0 Å². The summed E-state index contributed by atoms with van der Waals surface area (Å²) in [5.74, 6) is -0.882. The number of carbonyl (C=O) groups is 2. The minimum absolute atomic E-state index is 0. The Bertz CT molecular complexity index is 928. The predicted molar refractivity (Wildman–Crippen MR) is 134 cm³/mol. The summed E-state index contributed by atoms with van der Waals surface area (Å²) in [6.07, 6.45) is 4.55. The quantitative estimate of drug-likeness (QED) is 0.429. The molecule has 3 aliphatic rings. The van der Waals surface area contributed by atoms with Gasteiger partial charge in [-0.15, -0.1) is 24.8 Å². The Morgan fingerprint density at radius 2 is 1.65 bits per heavy atom. The molecule has 0 unspecified atom stereocenters. The number of fused-ring (bicyclic) bond motifs is 1. The Labute approximate surface area is 213 Å². The molecule has 0 saturated carbocycles. The highest BCUT2D eigenvalue weighted by Crippen LogP contribution is 2.42. The van der Waals surface area contributed by atoms with Crippen molar-refractivity contribution in [1.29, 1.82) is 0 Å². The molecule has 1 aromatic carbocycles. The van der Waals surface area contributed by atoms with Gasteiger partial charge in [0.05, 0.1) is 18.6 Å². The first-order valence-corrected chi connectivity index (χ1v) is 11.4. The Hall–Kier alpha value is -1.93. The molecule has 0 aromatic heterocycles. The van der Waals surface area contributed by atoms with Crippen molar-refractivity contribution in [2.45, 2.75) is 32.9 Å². The molecule has 1 saturated heterocycles. The second-order valence-electron chi connectivity index (χ2n) is 9.19. The van der Waals surface area contributed by atoms with Crippen molar-refractivity contribution in [2.24, 2.45) is 11.8 Å². The molecular formula is C25H34Cl2FN3O3. The fraction of sp³-hybridized carbons (Fsp3) is 0.520. The van der Waals surface area contributed by atoms with E-state index in [1.807, 2.05) is 26.0 Å². The Balaban J connectivity index is 0.00000204. The van der Waals surface area contributed by atoms with Gasteiger partial charge in [-0.25, -0.2) is 9.18 Å². The van der Waals surface area contributed by atoms with Gasteiger partial charge in [-0.05, 0) is 43.5 Å². The fourth-order valence-electron chi connectivity index (χ4n) is 5.01.